The molecule has 0 saturated heterocycles. The molecule has 0 saturated carbocycles. The van der Waals surface area contributed by atoms with Crippen LogP contribution in [0.5, 0.6) is 5.75 Å². The Morgan fingerprint density at radius 2 is 2.10 bits per heavy atom. The van der Waals surface area contributed by atoms with E-state index in [0.717, 1.165) is 0 Å². The lowest BCUT2D eigenvalue weighted by molar-refractivity contribution is -0.383. The number of ether oxygens (including phenoxy) is 2. The molecule has 3 N–H and O–H groups in total. The second kappa shape index (κ2) is 6.78. The molecule has 0 radical (unpaired) electrons. The second-order valence-corrected chi connectivity index (χ2v) is 5.25. The van der Waals surface area contributed by atoms with Gasteiger partial charge in [0.05, 0.1) is 11.5 Å². The minimum atomic E-state index is -0.566. The van der Waals surface area contributed by atoms with Crippen LogP contribution in [0.4, 0.5) is 16.2 Å². The van der Waals surface area contributed by atoms with Crippen LogP contribution < -0.4 is 15.8 Å². The first-order valence-electron chi connectivity index (χ1n) is 6.32. The number of alkyl carbamates (subject to hydrolysis) is 1. The van der Waals surface area contributed by atoms with Crippen LogP contribution in [0.15, 0.2) is 18.2 Å². The highest BCUT2D eigenvalue weighted by atomic mass is 16.6. The lowest BCUT2D eigenvalue weighted by Gasteiger charge is -2.19. The standard InChI is InChI=1S/C13H19N3O5/c1-13(2,3)21-12(17)15-6-7-20-9-4-5-11(16(18)19)10(14)8-9/h4-5,8H,6-7,14H2,1-3H3,(H,15,17). The van der Waals surface area contributed by atoms with E-state index >= 15 is 0 Å². The number of nitrogens with one attached hydrogen (secondary N) is 1. The first-order chi connectivity index (χ1) is 9.69. The number of nitrogens with two attached hydrogens (primary N) is 1. The van der Waals surface area contributed by atoms with Gasteiger partial charge < -0.3 is 20.5 Å². The van der Waals surface area contributed by atoms with Crippen molar-refractivity contribution in [2.45, 2.75) is 26.4 Å². The maximum absolute atomic E-state index is 11.4. The summed E-state index contributed by atoms with van der Waals surface area (Å²) in [5, 5.41) is 13.1. The first kappa shape index (κ1) is 16.5. The zero-order chi connectivity index (χ0) is 16.0. The van der Waals surface area contributed by atoms with E-state index in [-0.39, 0.29) is 24.5 Å². The average molecular weight is 297 g/mol. The summed E-state index contributed by atoms with van der Waals surface area (Å²) in [7, 11) is 0. The molecule has 21 heavy (non-hydrogen) atoms. The average Bonchev–Trinajstić information content (AvgIpc) is 2.32. The van der Waals surface area contributed by atoms with Crippen LogP contribution in [0, 0.1) is 10.1 Å². The highest BCUT2D eigenvalue weighted by molar-refractivity contribution is 5.67. The van der Waals surface area contributed by atoms with Crippen LogP contribution in [0.2, 0.25) is 0 Å². The minimum Gasteiger partial charge on any atom is -0.492 e. The largest absolute Gasteiger partial charge is 0.492 e. The number of anilines is 1. The maximum Gasteiger partial charge on any atom is 0.407 e. The fourth-order valence-electron chi connectivity index (χ4n) is 1.42. The number of nitrogen functional groups attached to an aromatic ring is 1. The summed E-state index contributed by atoms with van der Waals surface area (Å²) in [6.07, 6.45) is -0.533. The summed E-state index contributed by atoms with van der Waals surface area (Å²) in [5.41, 5.74) is 4.83. The van der Waals surface area contributed by atoms with Gasteiger partial charge in [-0.05, 0) is 26.8 Å². The van der Waals surface area contributed by atoms with Crippen molar-refractivity contribution in [2.75, 3.05) is 18.9 Å². The molecule has 8 heteroatoms. The molecule has 0 aliphatic carbocycles. The summed E-state index contributed by atoms with van der Waals surface area (Å²) in [6, 6.07) is 4.08. The number of carbonyl (C=O) groups is 1. The molecule has 0 aromatic heterocycles. The quantitative estimate of drug-likeness (QED) is 0.372. The summed E-state index contributed by atoms with van der Waals surface area (Å²) >= 11 is 0. The third-order valence-electron chi connectivity index (χ3n) is 2.23. The summed E-state index contributed by atoms with van der Waals surface area (Å²) in [5.74, 6) is 0.393. The number of rotatable bonds is 5. The van der Waals surface area contributed by atoms with E-state index in [1.54, 1.807) is 20.8 Å². The molecule has 0 aliphatic rings. The zero-order valence-electron chi connectivity index (χ0n) is 12.2. The van der Waals surface area contributed by atoms with Gasteiger partial charge in [-0.15, -0.1) is 0 Å². The van der Waals surface area contributed by atoms with Gasteiger partial charge in [-0.2, -0.15) is 0 Å². The number of nitro benzene ring substituents is 1. The van der Waals surface area contributed by atoms with Crippen molar-refractivity contribution in [3.05, 3.63) is 28.3 Å². The second-order valence-electron chi connectivity index (χ2n) is 5.25. The fourth-order valence-corrected chi connectivity index (χ4v) is 1.42. The highest BCUT2D eigenvalue weighted by Crippen LogP contribution is 2.25. The number of hydrogen-bond donors (Lipinski definition) is 2. The lowest BCUT2D eigenvalue weighted by Crippen LogP contribution is -2.34. The van der Waals surface area contributed by atoms with Crippen molar-refractivity contribution in [1.29, 1.82) is 0 Å². The monoisotopic (exact) mass is 297 g/mol. The first-order valence-corrected chi connectivity index (χ1v) is 6.32. The molecule has 1 amide bonds. The van der Waals surface area contributed by atoms with E-state index in [4.69, 9.17) is 15.2 Å². The number of nitro groups is 1. The van der Waals surface area contributed by atoms with Gasteiger partial charge in [-0.1, -0.05) is 0 Å². The van der Waals surface area contributed by atoms with Gasteiger partial charge in [0, 0.05) is 12.1 Å². The highest BCUT2D eigenvalue weighted by Gasteiger charge is 2.15. The van der Waals surface area contributed by atoms with Crippen LogP contribution in [-0.2, 0) is 4.74 Å². The Hall–Kier alpha value is -2.51. The van der Waals surface area contributed by atoms with E-state index < -0.39 is 16.6 Å². The van der Waals surface area contributed by atoms with Crippen LogP contribution in [0.3, 0.4) is 0 Å². The molecule has 0 heterocycles. The van der Waals surface area contributed by atoms with Gasteiger partial charge in [0.1, 0.15) is 23.6 Å². The molecule has 1 aromatic carbocycles. The number of hydrogen-bond acceptors (Lipinski definition) is 6. The molecule has 1 rings (SSSR count). The Kier molecular flexibility index (Phi) is 5.34. The number of amides is 1. The van der Waals surface area contributed by atoms with Gasteiger partial charge in [0.2, 0.25) is 0 Å². The Balaban J connectivity index is 2.38. The Morgan fingerprint density at radius 3 is 2.62 bits per heavy atom. The SMILES string of the molecule is CC(C)(C)OC(=O)NCCOc1ccc([N+](=O)[O-])c(N)c1. The Labute approximate surface area is 122 Å². The maximum atomic E-state index is 11.4. The van der Waals surface area contributed by atoms with Crippen molar-refractivity contribution in [3.63, 3.8) is 0 Å². The van der Waals surface area contributed by atoms with Crippen LogP contribution >= 0.6 is 0 Å². The van der Waals surface area contributed by atoms with Crippen molar-refractivity contribution < 1.29 is 19.2 Å². The molecule has 0 unspecified atom stereocenters. The van der Waals surface area contributed by atoms with E-state index in [0.29, 0.717) is 5.75 Å². The third kappa shape index (κ3) is 5.98. The molecular formula is C13H19N3O5. The molecule has 0 aliphatic heterocycles. The predicted molar refractivity (Wildman–Crippen MR) is 77.2 cm³/mol. The van der Waals surface area contributed by atoms with Gasteiger partial charge in [-0.3, -0.25) is 10.1 Å². The zero-order valence-corrected chi connectivity index (χ0v) is 12.2. The molecule has 0 atom stereocenters. The van der Waals surface area contributed by atoms with Crippen molar-refractivity contribution >= 4 is 17.5 Å². The van der Waals surface area contributed by atoms with Gasteiger partial charge in [0.15, 0.2) is 0 Å². The van der Waals surface area contributed by atoms with Crippen molar-refractivity contribution in [1.82, 2.24) is 5.32 Å². The van der Waals surface area contributed by atoms with E-state index in [1.807, 2.05) is 0 Å². The normalized spacial score (nSPS) is 10.8. The van der Waals surface area contributed by atoms with Crippen LogP contribution in [-0.4, -0.2) is 29.8 Å². The number of nitrogens with zero attached hydrogens (tertiary/aromatic N) is 1. The summed E-state index contributed by atoms with van der Waals surface area (Å²) in [4.78, 5) is 21.4. The molecule has 116 valence electrons. The van der Waals surface area contributed by atoms with Gasteiger partial charge >= 0.3 is 6.09 Å². The Bertz CT molecular complexity index is 525. The molecule has 1 aromatic rings. The minimum absolute atomic E-state index is 0.0256. The van der Waals surface area contributed by atoms with Gasteiger partial charge in [0.25, 0.3) is 5.69 Å². The predicted octanol–water partition coefficient (Wildman–Crippen LogP) is 2.08. The van der Waals surface area contributed by atoms with Crippen LogP contribution in [0.1, 0.15) is 20.8 Å². The number of carbonyl (C=O) groups excluding carboxylic acids is 1. The molecule has 0 spiro atoms. The summed E-state index contributed by atoms with van der Waals surface area (Å²) < 4.78 is 10.4. The van der Waals surface area contributed by atoms with E-state index in [1.165, 1.54) is 18.2 Å². The third-order valence-corrected chi connectivity index (χ3v) is 2.23. The molecule has 0 bridgehead atoms. The molecular weight excluding hydrogens is 278 g/mol. The lowest BCUT2D eigenvalue weighted by atomic mass is 10.2. The molecule has 0 fully saturated rings. The van der Waals surface area contributed by atoms with E-state index in [9.17, 15) is 14.9 Å². The molecule has 8 nitrogen and oxygen atoms in total. The topological polar surface area (TPSA) is 117 Å². The van der Waals surface area contributed by atoms with Crippen molar-refractivity contribution in [3.8, 4) is 5.75 Å². The Morgan fingerprint density at radius 1 is 1.43 bits per heavy atom. The smallest absolute Gasteiger partial charge is 0.407 e. The number of benzene rings is 1. The van der Waals surface area contributed by atoms with Gasteiger partial charge in [-0.25, -0.2) is 4.79 Å². The van der Waals surface area contributed by atoms with E-state index in [2.05, 4.69) is 5.32 Å². The fraction of sp³-hybridized carbons (Fsp3) is 0.462. The summed E-state index contributed by atoms with van der Waals surface area (Å²) in [6.45, 7) is 5.73. The van der Waals surface area contributed by atoms with Crippen molar-refractivity contribution in [2.24, 2.45) is 0 Å². The van der Waals surface area contributed by atoms with Crippen LogP contribution in [0.25, 0.3) is 0 Å².